The second kappa shape index (κ2) is 7.51. The lowest BCUT2D eigenvalue weighted by molar-refractivity contribution is -0.137. The molecule has 0 aliphatic carbocycles. The van der Waals surface area contributed by atoms with E-state index in [0.717, 1.165) is 18.1 Å². The zero-order chi connectivity index (χ0) is 14.4. The molecule has 3 nitrogen and oxygen atoms in total. The van der Waals surface area contributed by atoms with E-state index < -0.39 is 5.97 Å². The van der Waals surface area contributed by atoms with Crippen molar-refractivity contribution in [3.05, 3.63) is 34.3 Å². The fraction of sp³-hybridized carbons (Fsp3) is 0.533. The molecule has 106 valence electrons. The Morgan fingerprint density at radius 1 is 1.42 bits per heavy atom. The molecule has 0 aromatic heterocycles. The average Bonchev–Trinajstić information content (AvgIpc) is 2.30. The van der Waals surface area contributed by atoms with Crippen molar-refractivity contribution in [3.8, 4) is 0 Å². The van der Waals surface area contributed by atoms with Crippen molar-refractivity contribution in [1.82, 2.24) is 4.90 Å². The van der Waals surface area contributed by atoms with Crippen LogP contribution in [0.5, 0.6) is 0 Å². The summed E-state index contributed by atoms with van der Waals surface area (Å²) in [6.07, 6.45) is 0.906. The van der Waals surface area contributed by atoms with E-state index in [1.54, 1.807) is 0 Å². The van der Waals surface area contributed by atoms with Gasteiger partial charge in [-0.05, 0) is 57.0 Å². The molecule has 1 rings (SSSR count). The molecule has 0 radical (unpaired) electrons. The van der Waals surface area contributed by atoms with E-state index in [2.05, 4.69) is 25.7 Å². The molecule has 0 bridgehead atoms. The lowest BCUT2D eigenvalue weighted by atomic mass is 10.1. The van der Waals surface area contributed by atoms with Crippen molar-refractivity contribution in [2.24, 2.45) is 0 Å². The molecule has 0 saturated heterocycles. The molecule has 0 heterocycles. The number of hydrogen-bond donors (Lipinski definition) is 1. The number of carboxylic acids is 1. The number of hydrogen-bond acceptors (Lipinski definition) is 2. The van der Waals surface area contributed by atoms with E-state index in [9.17, 15) is 4.79 Å². The van der Waals surface area contributed by atoms with Gasteiger partial charge in [0.1, 0.15) is 0 Å². The SMILES string of the molecule is Cc1cc(Cl)ccc1CN(CCCC(=O)O)C(C)C. The average molecular weight is 284 g/mol. The van der Waals surface area contributed by atoms with Crippen LogP contribution in [0.3, 0.4) is 0 Å². The molecule has 1 aromatic carbocycles. The Hall–Kier alpha value is -1.06. The Labute approximate surface area is 120 Å². The van der Waals surface area contributed by atoms with E-state index in [1.165, 1.54) is 11.1 Å². The summed E-state index contributed by atoms with van der Waals surface area (Å²) in [4.78, 5) is 12.9. The summed E-state index contributed by atoms with van der Waals surface area (Å²) in [7, 11) is 0. The van der Waals surface area contributed by atoms with Gasteiger partial charge in [0.05, 0.1) is 0 Å². The van der Waals surface area contributed by atoms with Gasteiger partial charge in [-0.25, -0.2) is 0 Å². The summed E-state index contributed by atoms with van der Waals surface area (Å²) in [5.74, 6) is -0.730. The number of nitrogens with zero attached hydrogens (tertiary/aromatic N) is 1. The number of carboxylic acid groups (broad SMARTS) is 1. The smallest absolute Gasteiger partial charge is 0.303 e. The van der Waals surface area contributed by atoms with Crippen LogP contribution in [0.1, 0.15) is 37.8 Å². The second-order valence-corrected chi connectivity index (χ2v) is 5.57. The molecule has 1 N–H and O–H groups in total. The third-order valence-electron chi connectivity index (χ3n) is 3.24. The van der Waals surface area contributed by atoms with Crippen LogP contribution >= 0.6 is 11.6 Å². The first kappa shape index (κ1) is 16.0. The molecule has 0 aliphatic rings. The second-order valence-electron chi connectivity index (χ2n) is 5.13. The normalized spacial score (nSPS) is 11.3. The van der Waals surface area contributed by atoms with Crippen molar-refractivity contribution in [2.75, 3.05) is 6.54 Å². The molecule has 19 heavy (non-hydrogen) atoms. The van der Waals surface area contributed by atoms with Crippen LogP contribution in [0.4, 0.5) is 0 Å². The summed E-state index contributed by atoms with van der Waals surface area (Å²) in [6.45, 7) is 7.95. The third-order valence-corrected chi connectivity index (χ3v) is 3.48. The molecule has 0 unspecified atom stereocenters. The molecule has 0 saturated carbocycles. The van der Waals surface area contributed by atoms with Gasteiger partial charge in [-0.3, -0.25) is 9.69 Å². The minimum absolute atomic E-state index is 0.225. The summed E-state index contributed by atoms with van der Waals surface area (Å²) in [5, 5.41) is 9.45. The number of rotatable bonds is 7. The van der Waals surface area contributed by atoms with Crippen molar-refractivity contribution in [2.45, 2.75) is 46.2 Å². The minimum atomic E-state index is -0.730. The van der Waals surface area contributed by atoms with Gasteiger partial charge in [0.15, 0.2) is 0 Å². The molecule has 1 aromatic rings. The lowest BCUT2D eigenvalue weighted by Crippen LogP contribution is -2.31. The van der Waals surface area contributed by atoms with Crippen LogP contribution in [-0.2, 0) is 11.3 Å². The van der Waals surface area contributed by atoms with Gasteiger partial charge in [0.25, 0.3) is 0 Å². The molecule has 0 fully saturated rings. The summed E-state index contributed by atoms with van der Waals surface area (Å²) >= 11 is 5.96. The molecule has 0 atom stereocenters. The highest BCUT2D eigenvalue weighted by Crippen LogP contribution is 2.18. The van der Waals surface area contributed by atoms with Crippen molar-refractivity contribution < 1.29 is 9.90 Å². The van der Waals surface area contributed by atoms with Gasteiger partial charge < -0.3 is 5.11 Å². The third kappa shape index (κ3) is 5.62. The van der Waals surface area contributed by atoms with Gasteiger partial charge in [0, 0.05) is 24.0 Å². The molecular formula is C15H22ClNO2. The zero-order valence-electron chi connectivity index (χ0n) is 11.8. The maximum atomic E-state index is 10.6. The molecule has 4 heteroatoms. The van der Waals surface area contributed by atoms with E-state index in [0.29, 0.717) is 12.5 Å². The molecule has 0 spiro atoms. The van der Waals surface area contributed by atoms with Gasteiger partial charge >= 0.3 is 5.97 Å². The van der Waals surface area contributed by atoms with Crippen LogP contribution in [0.15, 0.2) is 18.2 Å². The number of benzene rings is 1. The Balaban J connectivity index is 2.64. The highest BCUT2D eigenvalue weighted by Gasteiger charge is 2.12. The van der Waals surface area contributed by atoms with E-state index in [4.69, 9.17) is 16.7 Å². The summed E-state index contributed by atoms with van der Waals surface area (Å²) in [5.41, 5.74) is 2.42. The van der Waals surface area contributed by atoms with Gasteiger partial charge in [0.2, 0.25) is 0 Å². The van der Waals surface area contributed by atoms with Crippen LogP contribution in [-0.4, -0.2) is 28.6 Å². The minimum Gasteiger partial charge on any atom is -0.481 e. The van der Waals surface area contributed by atoms with Gasteiger partial charge in [-0.2, -0.15) is 0 Å². The Bertz CT molecular complexity index is 432. The number of carbonyl (C=O) groups is 1. The molecule has 0 amide bonds. The first-order chi connectivity index (χ1) is 8.90. The summed E-state index contributed by atoms with van der Waals surface area (Å²) in [6, 6.07) is 6.31. The van der Waals surface area contributed by atoms with Gasteiger partial charge in [-0.1, -0.05) is 17.7 Å². The van der Waals surface area contributed by atoms with E-state index in [1.807, 2.05) is 18.2 Å². The maximum Gasteiger partial charge on any atom is 0.303 e. The zero-order valence-corrected chi connectivity index (χ0v) is 12.6. The topological polar surface area (TPSA) is 40.5 Å². The highest BCUT2D eigenvalue weighted by molar-refractivity contribution is 6.30. The largest absolute Gasteiger partial charge is 0.481 e. The standard InChI is InChI=1S/C15H22ClNO2/c1-11(2)17(8-4-5-15(18)19)10-13-6-7-14(16)9-12(13)3/h6-7,9,11H,4-5,8,10H2,1-3H3,(H,18,19). The van der Waals surface area contributed by atoms with Gasteiger partial charge in [-0.15, -0.1) is 0 Å². The fourth-order valence-corrected chi connectivity index (χ4v) is 2.24. The van der Waals surface area contributed by atoms with E-state index >= 15 is 0 Å². The van der Waals surface area contributed by atoms with Crippen LogP contribution in [0, 0.1) is 6.92 Å². The Morgan fingerprint density at radius 3 is 2.63 bits per heavy atom. The molecule has 0 aliphatic heterocycles. The fourth-order valence-electron chi connectivity index (χ4n) is 2.01. The summed E-state index contributed by atoms with van der Waals surface area (Å²) < 4.78 is 0. The number of halogens is 1. The predicted molar refractivity (Wildman–Crippen MR) is 78.6 cm³/mol. The van der Waals surface area contributed by atoms with E-state index in [-0.39, 0.29) is 6.42 Å². The highest BCUT2D eigenvalue weighted by atomic mass is 35.5. The number of aliphatic carboxylic acids is 1. The first-order valence-corrected chi connectivity index (χ1v) is 6.99. The monoisotopic (exact) mass is 283 g/mol. The number of aryl methyl sites for hydroxylation is 1. The van der Waals surface area contributed by atoms with Crippen molar-refractivity contribution in [3.63, 3.8) is 0 Å². The van der Waals surface area contributed by atoms with Crippen molar-refractivity contribution in [1.29, 1.82) is 0 Å². The molecular weight excluding hydrogens is 262 g/mol. The Morgan fingerprint density at radius 2 is 2.11 bits per heavy atom. The first-order valence-electron chi connectivity index (χ1n) is 6.61. The Kier molecular flexibility index (Phi) is 6.32. The quantitative estimate of drug-likeness (QED) is 0.829. The maximum absolute atomic E-state index is 10.6. The van der Waals surface area contributed by atoms with Crippen molar-refractivity contribution >= 4 is 17.6 Å². The van der Waals surface area contributed by atoms with Crippen LogP contribution < -0.4 is 0 Å². The van der Waals surface area contributed by atoms with Crippen LogP contribution in [0.25, 0.3) is 0 Å². The predicted octanol–water partition coefficient (Wildman–Crippen LogP) is 3.72. The lowest BCUT2D eigenvalue weighted by Gasteiger charge is -2.27. The van der Waals surface area contributed by atoms with Crippen LogP contribution in [0.2, 0.25) is 5.02 Å².